The second-order valence-electron chi connectivity index (χ2n) is 18.4. The summed E-state index contributed by atoms with van der Waals surface area (Å²) >= 11 is 0. The van der Waals surface area contributed by atoms with Gasteiger partial charge in [-0.2, -0.15) is 0 Å². The van der Waals surface area contributed by atoms with E-state index < -0.39 is 23.9 Å². The van der Waals surface area contributed by atoms with E-state index in [0.29, 0.717) is 28.0 Å². The maximum absolute atomic E-state index is 11.0. The molecule has 7 rings (SSSR count). The van der Waals surface area contributed by atoms with Crippen LogP contribution < -0.4 is 4.74 Å². The molecule has 19 nitrogen and oxygen atoms in total. The first-order valence-electron chi connectivity index (χ1n) is 23.9. The number of carboxylic acid groups (broad SMARTS) is 3. The monoisotopic (exact) mass is 1110 g/mol. The van der Waals surface area contributed by atoms with Gasteiger partial charge in [-0.3, -0.25) is 0 Å². The van der Waals surface area contributed by atoms with E-state index in [0.717, 1.165) is 46.2 Å². The van der Waals surface area contributed by atoms with Gasteiger partial charge >= 0.3 is 23.9 Å². The van der Waals surface area contributed by atoms with E-state index in [1.54, 1.807) is 71.2 Å². The van der Waals surface area contributed by atoms with Crippen molar-refractivity contribution in [2.45, 2.75) is 74.7 Å². The Morgan fingerprint density at radius 2 is 0.812 bits per heavy atom. The number of aromatic carboxylic acids is 2. The first kappa shape index (κ1) is 68.0. The summed E-state index contributed by atoms with van der Waals surface area (Å²) in [6, 6.07) is 29.5. The molecule has 0 heterocycles. The Morgan fingerprint density at radius 3 is 1.19 bits per heavy atom. The molecule has 0 aliphatic carbocycles. The molecule has 7 aromatic rings. The van der Waals surface area contributed by atoms with Crippen LogP contribution in [0.15, 0.2) is 121 Å². The average Bonchev–Trinajstić information content (AvgIpc) is 3.39. The van der Waals surface area contributed by atoms with Gasteiger partial charge in [0, 0.05) is 28.8 Å². The van der Waals surface area contributed by atoms with Crippen LogP contribution >= 0.6 is 0 Å². The number of aromatic hydroxyl groups is 10. The molecule has 0 saturated heterocycles. The minimum atomic E-state index is -1.18. The van der Waals surface area contributed by atoms with Crippen molar-refractivity contribution in [1.82, 2.24) is 0 Å². The minimum Gasteiger partial charge on any atom is -0.508 e. The van der Waals surface area contributed by atoms with Crippen molar-refractivity contribution >= 4 is 30.0 Å². The molecule has 0 saturated carbocycles. The maximum atomic E-state index is 11.0. The molecule has 428 valence electrons. The molecule has 0 aromatic heterocycles. The molecule has 0 atom stereocenters. The SMILES string of the molecule is COC(=O)c1cc(O)c(C)c(O)c1.COc1cc(O)c(C)cc1C(C)(C)C.Cc1c(O)cc(C(=O)O)cc1O.Cc1c(O)cccc1O.Cc1ccc(/C=C/C(=O)O)cc1O.Cc1ccc(C(=O)O)cc1O.Cc1ccccc1O. The fourth-order valence-electron chi connectivity index (χ4n) is 5.97. The van der Waals surface area contributed by atoms with Gasteiger partial charge in [0.15, 0.2) is 0 Å². The lowest BCUT2D eigenvalue weighted by Gasteiger charge is -2.22. The van der Waals surface area contributed by atoms with Crippen LogP contribution in [0.25, 0.3) is 6.08 Å². The smallest absolute Gasteiger partial charge is 0.338 e. The summed E-state index contributed by atoms with van der Waals surface area (Å²) in [7, 11) is 2.86. The molecule has 0 unspecified atom stereocenters. The largest absolute Gasteiger partial charge is 0.508 e. The number of phenolic OH excluding ortho intramolecular Hbond substituents is 10. The molecular formula is C61H70O19. The fourth-order valence-corrected chi connectivity index (χ4v) is 5.97. The summed E-state index contributed by atoms with van der Waals surface area (Å²) in [5.74, 6) is -2.61. The van der Waals surface area contributed by atoms with Crippen molar-refractivity contribution in [3.05, 3.63) is 188 Å². The molecule has 0 radical (unpaired) electrons. The molecule has 0 aliphatic rings. The number of phenols is 10. The third-order valence-corrected chi connectivity index (χ3v) is 11.2. The predicted octanol–water partition coefficient (Wildman–Crippen LogP) is 11.6. The van der Waals surface area contributed by atoms with Crippen molar-refractivity contribution in [2.24, 2.45) is 0 Å². The predicted molar refractivity (Wildman–Crippen MR) is 302 cm³/mol. The Hall–Kier alpha value is -10.0. The number of hydrogen-bond donors (Lipinski definition) is 13. The Morgan fingerprint density at radius 1 is 0.412 bits per heavy atom. The number of carbonyl (C=O) groups is 4. The Kier molecular flexibility index (Phi) is 27.1. The zero-order valence-corrected chi connectivity index (χ0v) is 46.4. The zero-order chi connectivity index (χ0) is 61.4. The van der Waals surface area contributed by atoms with Crippen molar-refractivity contribution < 1.29 is 95.0 Å². The first-order valence-corrected chi connectivity index (χ1v) is 23.9. The Labute approximate surface area is 463 Å². The van der Waals surface area contributed by atoms with Crippen LogP contribution in [0.5, 0.6) is 63.2 Å². The van der Waals surface area contributed by atoms with Gasteiger partial charge < -0.3 is 75.9 Å². The van der Waals surface area contributed by atoms with E-state index in [1.165, 1.54) is 62.6 Å². The molecule has 0 spiro atoms. The summed E-state index contributed by atoms with van der Waals surface area (Å²) in [6.45, 7) is 18.3. The number of benzene rings is 7. The molecule has 19 heteroatoms. The number of esters is 1. The van der Waals surface area contributed by atoms with E-state index >= 15 is 0 Å². The van der Waals surface area contributed by atoms with E-state index in [1.807, 2.05) is 38.1 Å². The van der Waals surface area contributed by atoms with Crippen LogP contribution in [0.2, 0.25) is 0 Å². The standard InChI is InChI=1S/C12H18O2.C10H10O3.C9H10O4.C8H8O4.C8H8O3.C7H8O2.C7H8O/c1-8-6-9(12(2,3)4)11(14-5)7-10(8)13;1-7-2-3-8(6-9(7)11)4-5-10(12)13;1-5-7(10)3-6(4-8(5)11)9(12)13-2;1-4-6(9)2-5(8(11)12)3-7(4)10;1-5-2-3-6(8(10)11)4-7(5)9;1-5-6(8)3-2-4-7(5)9;1-6-4-2-3-5-7(6)8/h6-7,13H,1-5H3;2-6,11H,1H3,(H,12,13);3-4,10-11H,1-2H3;2-3,9-10H,1H3,(H,11,12);2-4,9H,1H3,(H,10,11);2-4,8-9H,1H3;2-5,8H,1H3/b;5-4+;;;;;. The second-order valence-corrected chi connectivity index (χ2v) is 18.4. The van der Waals surface area contributed by atoms with Crippen LogP contribution in [0, 0.1) is 48.5 Å². The second kappa shape index (κ2) is 31.9. The highest BCUT2D eigenvalue weighted by atomic mass is 16.5. The van der Waals surface area contributed by atoms with E-state index in [4.69, 9.17) is 50.7 Å². The van der Waals surface area contributed by atoms with Crippen molar-refractivity contribution in [2.75, 3.05) is 14.2 Å². The number of methoxy groups -OCH3 is 2. The van der Waals surface area contributed by atoms with Gasteiger partial charge in [0.05, 0.1) is 30.9 Å². The van der Waals surface area contributed by atoms with Crippen molar-refractivity contribution in [1.29, 1.82) is 0 Å². The van der Waals surface area contributed by atoms with Gasteiger partial charge in [-0.05, 0) is 160 Å². The number of rotatable bonds is 6. The number of carboxylic acids is 3. The Bertz CT molecular complexity index is 3170. The lowest BCUT2D eigenvalue weighted by Crippen LogP contribution is -2.13. The summed E-state index contributed by atoms with van der Waals surface area (Å²) in [4.78, 5) is 41.9. The van der Waals surface area contributed by atoms with E-state index in [-0.39, 0.29) is 79.4 Å². The summed E-state index contributed by atoms with van der Waals surface area (Å²) < 4.78 is 9.67. The minimum absolute atomic E-state index is 0.0184. The highest BCUT2D eigenvalue weighted by molar-refractivity contribution is 5.91. The van der Waals surface area contributed by atoms with E-state index in [9.17, 15) is 39.6 Å². The normalized spacial score (nSPS) is 10.1. The lowest BCUT2D eigenvalue weighted by atomic mass is 9.85. The van der Waals surface area contributed by atoms with Crippen LogP contribution in [0.4, 0.5) is 0 Å². The number of carbonyl (C=O) groups excluding carboxylic acids is 1. The van der Waals surface area contributed by atoms with Crippen molar-refractivity contribution in [3.8, 4) is 63.2 Å². The van der Waals surface area contributed by atoms with Crippen LogP contribution in [0.1, 0.15) is 102 Å². The summed E-state index contributed by atoms with van der Waals surface area (Å²) in [5.41, 5.74) is 6.33. The molecule has 80 heavy (non-hydrogen) atoms. The van der Waals surface area contributed by atoms with Gasteiger partial charge in [-0.25, -0.2) is 19.2 Å². The third kappa shape index (κ3) is 22.7. The van der Waals surface area contributed by atoms with Gasteiger partial charge in [0.2, 0.25) is 0 Å². The molecule has 0 amide bonds. The van der Waals surface area contributed by atoms with Crippen LogP contribution in [-0.2, 0) is 14.9 Å². The number of para-hydroxylation sites is 1. The number of ether oxygens (including phenoxy) is 2. The summed E-state index contributed by atoms with van der Waals surface area (Å²) in [5, 5.41) is 117. The molecule has 0 bridgehead atoms. The van der Waals surface area contributed by atoms with Crippen LogP contribution in [-0.4, -0.2) is 104 Å². The fraction of sp³-hybridized carbons (Fsp3) is 0.213. The molecule has 13 N–H and O–H groups in total. The van der Waals surface area contributed by atoms with Gasteiger partial charge in [-0.15, -0.1) is 0 Å². The van der Waals surface area contributed by atoms with Gasteiger partial charge in [-0.1, -0.05) is 63.2 Å². The number of aliphatic carboxylic acids is 1. The van der Waals surface area contributed by atoms with Gasteiger partial charge in [0.1, 0.15) is 63.2 Å². The van der Waals surface area contributed by atoms with Crippen molar-refractivity contribution in [3.63, 3.8) is 0 Å². The lowest BCUT2D eigenvalue weighted by molar-refractivity contribution is -0.131. The Balaban J connectivity index is 0.000000470. The topological polar surface area (TPSA) is 350 Å². The van der Waals surface area contributed by atoms with Crippen LogP contribution in [0.3, 0.4) is 0 Å². The number of aryl methyl sites for hydroxylation is 4. The highest BCUT2D eigenvalue weighted by Gasteiger charge is 2.20. The van der Waals surface area contributed by atoms with E-state index in [2.05, 4.69) is 25.5 Å². The maximum Gasteiger partial charge on any atom is 0.338 e. The molecule has 7 aromatic carbocycles. The highest BCUT2D eigenvalue weighted by Crippen LogP contribution is 2.36. The molecular weight excluding hydrogens is 1040 g/mol. The quantitative estimate of drug-likeness (QED) is 0.0543. The van der Waals surface area contributed by atoms with Gasteiger partial charge in [0.25, 0.3) is 0 Å². The number of hydrogen-bond acceptors (Lipinski definition) is 16. The third-order valence-electron chi connectivity index (χ3n) is 11.2. The molecule has 0 aliphatic heterocycles. The first-order chi connectivity index (χ1) is 37.2. The molecule has 0 fully saturated rings. The summed E-state index contributed by atoms with van der Waals surface area (Å²) in [6.07, 6.45) is 2.46. The zero-order valence-electron chi connectivity index (χ0n) is 46.4. The average molecular weight is 1110 g/mol.